The number of rotatable bonds is 3. The number of benzene rings is 1. The first kappa shape index (κ1) is 13.9. The van der Waals surface area contributed by atoms with Crippen LogP contribution in [0.25, 0.3) is 0 Å². The fraction of sp³-hybridized carbons (Fsp3) is 0.625. The molecule has 1 saturated heterocycles. The van der Waals surface area contributed by atoms with Crippen molar-refractivity contribution in [2.24, 2.45) is 0 Å². The Labute approximate surface area is 121 Å². The van der Waals surface area contributed by atoms with Crippen LogP contribution < -0.4 is 10.1 Å². The summed E-state index contributed by atoms with van der Waals surface area (Å²) in [4.78, 5) is 2.53. The molecule has 110 valence electrons. The van der Waals surface area contributed by atoms with Gasteiger partial charge in [0.2, 0.25) is 0 Å². The Morgan fingerprint density at radius 1 is 1.30 bits per heavy atom. The van der Waals surface area contributed by atoms with Gasteiger partial charge >= 0.3 is 0 Å². The normalized spacial score (nSPS) is 30.6. The van der Waals surface area contributed by atoms with Crippen LogP contribution in [0.3, 0.4) is 0 Å². The van der Waals surface area contributed by atoms with Crippen LogP contribution in [0.4, 0.5) is 0 Å². The summed E-state index contributed by atoms with van der Waals surface area (Å²) in [5.74, 6) is 1.02. The highest BCUT2D eigenvalue weighted by molar-refractivity contribution is 5.38. The number of hydrogen-bond donors (Lipinski definition) is 1. The van der Waals surface area contributed by atoms with Crippen molar-refractivity contribution in [2.45, 2.75) is 32.0 Å². The molecule has 0 amide bonds. The minimum Gasteiger partial charge on any atom is -0.492 e. The Bertz CT molecular complexity index is 452. The molecule has 1 N–H and O–H groups in total. The third-order valence-electron chi connectivity index (χ3n) is 4.32. The minimum absolute atomic E-state index is 0.338. The van der Waals surface area contributed by atoms with Crippen molar-refractivity contribution >= 4 is 0 Å². The number of hydrogen-bond acceptors (Lipinski definition) is 4. The highest BCUT2D eigenvalue weighted by atomic mass is 16.5. The highest BCUT2D eigenvalue weighted by Crippen LogP contribution is 2.35. The largest absolute Gasteiger partial charge is 0.492 e. The Balaban J connectivity index is 1.87. The quantitative estimate of drug-likeness (QED) is 0.913. The van der Waals surface area contributed by atoms with Gasteiger partial charge in [0.25, 0.3) is 0 Å². The summed E-state index contributed by atoms with van der Waals surface area (Å²) in [5.41, 5.74) is 1.28. The van der Waals surface area contributed by atoms with E-state index in [1.54, 1.807) is 0 Å². The summed E-state index contributed by atoms with van der Waals surface area (Å²) in [5, 5.41) is 3.65. The van der Waals surface area contributed by atoms with Gasteiger partial charge in [0, 0.05) is 18.2 Å². The van der Waals surface area contributed by atoms with Crippen molar-refractivity contribution in [3.63, 3.8) is 0 Å². The second-order valence-corrected chi connectivity index (χ2v) is 5.61. The smallest absolute Gasteiger partial charge is 0.124 e. The van der Waals surface area contributed by atoms with Crippen LogP contribution in [0.2, 0.25) is 0 Å². The first-order valence-corrected chi connectivity index (χ1v) is 7.60. The molecule has 1 fully saturated rings. The lowest BCUT2D eigenvalue weighted by Gasteiger charge is -2.45. The molecule has 0 radical (unpaired) electrons. The van der Waals surface area contributed by atoms with Crippen LogP contribution in [0.15, 0.2) is 24.3 Å². The molecule has 2 aliphatic rings. The van der Waals surface area contributed by atoms with Crippen molar-refractivity contribution in [3.05, 3.63) is 29.8 Å². The van der Waals surface area contributed by atoms with E-state index in [9.17, 15) is 0 Å². The van der Waals surface area contributed by atoms with E-state index in [1.807, 2.05) is 6.07 Å². The Morgan fingerprint density at radius 3 is 2.95 bits per heavy atom. The van der Waals surface area contributed by atoms with Gasteiger partial charge < -0.3 is 14.8 Å². The zero-order valence-electron chi connectivity index (χ0n) is 12.3. The van der Waals surface area contributed by atoms with Crippen LogP contribution in [0, 0.1) is 0 Å². The lowest BCUT2D eigenvalue weighted by molar-refractivity contribution is -0.0441. The number of nitrogens with zero attached hydrogens (tertiary/aromatic N) is 1. The molecular formula is C16H24N2O2. The van der Waals surface area contributed by atoms with E-state index in [4.69, 9.17) is 9.47 Å². The molecule has 1 aromatic rings. The molecule has 3 rings (SSSR count). The molecular weight excluding hydrogens is 252 g/mol. The molecule has 0 aliphatic carbocycles. The summed E-state index contributed by atoms with van der Waals surface area (Å²) in [6.07, 6.45) is 0. The molecule has 0 aromatic heterocycles. The summed E-state index contributed by atoms with van der Waals surface area (Å²) < 4.78 is 11.6. The van der Waals surface area contributed by atoms with Gasteiger partial charge in [-0.3, -0.25) is 4.90 Å². The molecule has 20 heavy (non-hydrogen) atoms. The highest BCUT2D eigenvalue weighted by Gasteiger charge is 2.37. The van der Waals surface area contributed by atoms with Crippen molar-refractivity contribution in [2.75, 3.05) is 32.9 Å². The first-order valence-electron chi connectivity index (χ1n) is 7.60. The fourth-order valence-electron chi connectivity index (χ4n) is 3.33. The van der Waals surface area contributed by atoms with Gasteiger partial charge in [-0.2, -0.15) is 0 Å². The molecule has 3 atom stereocenters. The fourth-order valence-corrected chi connectivity index (χ4v) is 3.33. The number of nitrogens with one attached hydrogen (secondary N) is 1. The summed E-state index contributed by atoms with van der Waals surface area (Å²) in [7, 11) is 0. The Hall–Kier alpha value is -1.10. The molecule has 2 heterocycles. The van der Waals surface area contributed by atoms with E-state index < -0.39 is 0 Å². The standard InChI is InChI=1S/C16H24N2O2/c1-3-17-16-13-6-4-5-7-15(13)20-11-14(16)18-8-9-19-10-12(18)2/h4-7,12,14,16-17H,3,8-11H2,1-2H3. The van der Waals surface area contributed by atoms with E-state index in [0.29, 0.717) is 18.1 Å². The molecule has 0 bridgehead atoms. The zero-order chi connectivity index (χ0) is 13.9. The first-order chi connectivity index (χ1) is 9.81. The van der Waals surface area contributed by atoms with Gasteiger partial charge in [0.15, 0.2) is 0 Å². The van der Waals surface area contributed by atoms with E-state index in [1.165, 1.54) is 5.56 Å². The molecule has 2 aliphatic heterocycles. The molecule has 0 spiro atoms. The summed E-state index contributed by atoms with van der Waals surface area (Å²) >= 11 is 0. The minimum atomic E-state index is 0.338. The van der Waals surface area contributed by atoms with Gasteiger partial charge in [0.05, 0.1) is 25.3 Å². The average molecular weight is 276 g/mol. The predicted molar refractivity (Wildman–Crippen MR) is 79.1 cm³/mol. The average Bonchev–Trinajstić information content (AvgIpc) is 2.49. The van der Waals surface area contributed by atoms with E-state index >= 15 is 0 Å². The van der Waals surface area contributed by atoms with Gasteiger partial charge in [-0.1, -0.05) is 25.1 Å². The van der Waals surface area contributed by atoms with Crippen LogP contribution in [0.1, 0.15) is 25.5 Å². The number of para-hydroxylation sites is 1. The topological polar surface area (TPSA) is 33.7 Å². The van der Waals surface area contributed by atoms with Gasteiger partial charge in [-0.05, 0) is 19.5 Å². The van der Waals surface area contributed by atoms with Crippen molar-refractivity contribution in [1.82, 2.24) is 10.2 Å². The van der Waals surface area contributed by atoms with Crippen molar-refractivity contribution < 1.29 is 9.47 Å². The van der Waals surface area contributed by atoms with Crippen LogP contribution in [-0.2, 0) is 4.74 Å². The second kappa shape index (κ2) is 6.12. The van der Waals surface area contributed by atoms with Gasteiger partial charge in [-0.25, -0.2) is 0 Å². The number of ether oxygens (including phenoxy) is 2. The molecule has 1 aromatic carbocycles. The van der Waals surface area contributed by atoms with Crippen molar-refractivity contribution in [3.8, 4) is 5.75 Å². The maximum Gasteiger partial charge on any atom is 0.124 e. The number of likely N-dealkylation sites (N-methyl/N-ethyl adjacent to an activating group) is 1. The maximum absolute atomic E-state index is 5.99. The zero-order valence-corrected chi connectivity index (χ0v) is 12.3. The summed E-state index contributed by atoms with van der Waals surface area (Å²) in [6.45, 7) is 8.74. The van der Waals surface area contributed by atoms with E-state index in [-0.39, 0.29) is 0 Å². The molecule has 4 nitrogen and oxygen atoms in total. The monoisotopic (exact) mass is 276 g/mol. The van der Waals surface area contributed by atoms with Crippen LogP contribution in [-0.4, -0.2) is 49.9 Å². The predicted octanol–water partition coefficient (Wildman–Crippen LogP) is 1.82. The third-order valence-corrected chi connectivity index (χ3v) is 4.32. The lowest BCUT2D eigenvalue weighted by atomic mass is 9.94. The molecule has 4 heteroatoms. The second-order valence-electron chi connectivity index (χ2n) is 5.61. The maximum atomic E-state index is 5.99. The SMILES string of the molecule is CCNC1c2ccccc2OCC1N1CCOCC1C. The molecule has 3 unspecified atom stereocenters. The number of morpholine rings is 1. The van der Waals surface area contributed by atoms with E-state index in [0.717, 1.165) is 38.7 Å². The summed E-state index contributed by atoms with van der Waals surface area (Å²) in [6, 6.07) is 9.55. The Kier molecular flexibility index (Phi) is 4.24. The van der Waals surface area contributed by atoms with Crippen LogP contribution in [0.5, 0.6) is 5.75 Å². The number of fused-ring (bicyclic) bond motifs is 1. The van der Waals surface area contributed by atoms with Crippen LogP contribution >= 0.6 is 0 Å². The van der Waals surface area contributed by atoms with Gasteiger partial charge in [-0.15, -0.1) is 0 Å². The van der Waals surface area contributed by atoms with E-state index in [2.05, 4.69) is 42.3 Å². The third kappa shape index (κ3) is 2.55. The lowest BCUT2D eigenvalue weighted by Crippen LogP contribution is -2.57. The van der Waals surface area contributed by atoms with Gasteiger partial charge in [0.1, 0.15) is 12.4 Å². The Morgan fingerprint density at radius 2 is 2.15 bits per heavy atom. The van der Waals surface area contributed by atoms with Crippen molar-refractivity contribution in [1.29, 1.82) is 0 Å². The molecule has 0 saturated carbocycles.